The molecule has 16 N–H and O–H groups in total. The molecule has 0 saturated carbocycles. The number of Topliss-reactive ketones (excluding diaryl/α,β-unsaturated/α-hetero) is 2. The fourth-order valence-corrected chi connectivity index (χ4v) is 15.0. The Kier molecular flexibility index (Phi) is 44.8. The monoisotopic (exact) mass is 1720 g/mol. The number of carbonyl (C=O) groups is 7. The van der Waals surface area contributed by atoms with E-state index in [1.54, 1.807) is 24.3 Å². The van der Waals surface area contributed by atoms with E-state index in [9.17, 15) is 64.6 Å². The van der Waals surface area contributed by atoms with Crippen molar-refractivity contribution in [1.82, 2.24) is 21.3 Å². The number of nitrogens with two attached hydrogens (primary N) is 4. The van der Waals surface area contributed by atoms with Gasteiger partial charge in [0.05, 0.1) is 21.2 Å². The minimum atomic E-state index is -4.49. The maximum absolute atomic E-state index is 14.3. The molecule has 654 valence electrons. The van der Waals surface area contributed by atoms with Crippen LogP contribution in [0.4, 0.5) is 16.2 Å². The average molecular weight is 1720 g/mol. The van der Waals surface area contributed by atoms with Gasteiger partial charge >= 0.3 is 40.9 Å². The third-order valence-electron chi connectivity index (χ3n) is 20.0. The number of hydrogen-bond donors (Lipinski definition) is 12. The highest BCUT2D eigenvalue weighted by molar-refractivity contribution is 7.86. The molecule has 0 radical (unpaired) electrons. The average Bonchev–Trinajstić information content (AvgIpc) is 1.59. The smallest absolute Gasteiger partial charge is 0.425 e. The van der Waals surface area contributed by atoms with E-state index < -0.39 is 84.1 Å². The van der Waals surface area contributed by atoms with Crippen LogP contribution in [0.15, 0.2) is 127 Å². The summed E-state index contributed by atoms with van der Waals surface area (Å²) in [6, 6.07) is 14.1. The van der Waals surface area contributed by atoms with Crippen LogP contribution in [0, 0.1) is 5.92 Å². The molecule has 3 atom stereocenters. The molecule has 0 spiro atoms. The molecule has 3 aliphatic rings. The van der Waals surface area contributed by atoms with Crippen molar-refractivity contribution in [1.29, 1.82) is 0 Å². The molecule has 0 fully saturated rings. The van der Waals surface area contributed by atoms with Crippen molar-refractivity contribution in [3.63, 3.8) is 0 Å². The first-order valence-electron chi connectivity index (χ1n) is 39.4. The van der Waals surface area contributed by atoms with Gasteiger partial charge < -0.3 is 64.1 Å². The van der Waals surface area contributed by atoms with E-state index in [1.807, 2.05) is 52.0 Å². The first-order valence-corrected chi connectivity index (χ1v) is 43.3. The maximum Gasteiger partial charge on any atom is 0.425 e. The SMILES string of the molecule is CCCCC[N+]1=C(/C=C/C2=C(Oc3ccc(CCNC(=O)[C@H](CCCN=C(N)N)CC(=O)[C@H](CCCN=C(N)N)NC(=O)CCCCCCCCC(=O)CCCNC(=O)N[C@H](CCC(=O)O)C(=O)O)cc3)C(=C/C=C3/N(CCCC)c4ccc(S(=O)(=O)O)cc4C3(C)C)/CCC2)C(C)(C)c2cc(S(=O)(=O)O)ccc21.O=C=O.O=C=O.O=S(=O)=O. The van der Waals surface area contributed by atoms with Gasteiger partial charge in [0.25, 0.3) is 20.2 Å². The third kappa shape index (κ3) is 36.1. The Labute approximate surface area is 696 Å². The number of carbonyl (C=O) groups excluding carboxylic acids is 9. The molecule has 4 amide bonds. The van der Waals surface area contributed by atoms with Gasteiger partial charge in [-0.3, -0.25) is 43.1 Å². The van der Waals surface area contributed by atoms with Crippen molar-refractivity contribution >= 4 is 114 Å². The number of nitrogens with one attached hydrogen (secondary N) is 4. The van der Waals surface area contributed by atoms with Crippen LogP contribution in [0.3, 0.4) is 0 Å². The number of urea groups is 1. The predicted octanol–water partition coefficient (Wildman–Crippen LogP) is 7.97. The summed E-state index contributed by atoms with van der Waals surface area (Å²) in [6.07, 6.45) is 21.9. The second-order valence-electron chi connectivity index (χ2n) is 29.6. The molecule has 3 aromatic carbocycles. The largest absolute Gasteiger partial charge is 0.481 e. The zero-order chi connectivity index (χ0) is 89.1. The van der Waals surface area contributed by atoms with Gasteiger partial charge in [-0.2, -0.15) is 40.6 Å². The standard InChI is InChI=1S/C79H114N12O16S2.2CO2.O3S/c1-7-9-17-49-91-66-39-36-60(109(104,105)106)52-62(66)79(5,6)69(91)41-32-55-23-18-22-54(31-40-68-78(3,4)61-51-59(108(101,102)103)35-38-65(61)90(68)48-10-8-2)72(55)107-58-33-29-53(30-34-58)43-47-84-73(97)56(24-19-44-85-75(80)81)50-67(93)63(27-21-45-86-76(82)83)88-70(94)28-16-14-12-11-13-15-25-57(92)26-20-46-87-77(100)89-64(74(98)99)37-42-71(95)96;2*2-1-3;1-4(2)3/h29-36,38-41,51-52,56,63-64H,7-28,37,42-50H2,1-6H3,(H15-,80,81,82,83,84,85,86,87,88,89,94,95,96,97,98,99,100,101,102,103,104,105,106);;;/p+1/t56-,63+,64-;;;/m1.../s1. The Bertz CT molecular complexity index is 4620. The molecule has 38 heteroatoms. The third-order valence-corrected chi connectivity index (χ3v) is 21.7. The molecule has 0 unspecified atom stereocenters. The van der Waals surface area contributed by atoms with E-state index in [0.29, 0.717) is 82.4 Å². The molecule has 35 nitrogen and oxygen atoms in total. The second kappa shape index (κ2) is 52.1. The summed E-state index contributed by atoms with van der Waals surface area (Å²) in [4.78, 5) is 131. The fraction of sp³-hybridized carbons (Fsp3) is 0.531. The van der Waals surface area contributed by atoms with Gasteiger partial charge in [-0.25, -0.2) is 9.59 Å². The molecule has 3 aromatic rings. The van der Waals surface area contributed by atoms with E-state index in [2.05, 4.69) is 78.9 Å². The number of rotatable bonds is 48. The van der Waals surface area contributed by atoms with E-state index in [0.717, 1.165) is 115 Å². The summed E-state index contributed by atoms with van der Waals surface area (Å²) in [5.41, 5.74) is 29.0. The summed E-state index contributed by atoms with van der Waals surface area (Å²) < 4.78 is 105. The van der Waals surface area contributed by atoms with Crippen molar-refractivity contribution in [3.8, 4) is 5.75 Å². The maximum atomic E-state index is 14.3. The van der Waals surface area contributed by atoms with E-state index in [4.69, 9.17) is 64.6 Å². The number of amides is 4. The molecule has 2 aliphatic heterocycles. The van der Waals surface area contributed by atoms with Crippen LogP contribution >= 0.6 is 0 Å². The zero-order valence-corrected chi connectivity index (χ0v) is 70.8. The number of carboxylic acid groups (broad SMARTS) is 2. The van der Waals surface area contributed by atoms with Crippen LogP contribution in [-0.2, 0) is 96.0 Å². The van der Waals surface area contributed by atoms with Crippen LogP contribution in [0.1, 0.15) is 219 Å². The summed E-state index contributed by atoms with van der Waals surface area (Å²) in [6.45, 7) is 14.6. The van der Waals surface area contributed by atoms with Crippen molar-refractivity contribution in [2.75, 3.05) is 44.2 Å². The van der Waals surface area contributed by atoms with Gasteiger partial charge in [-0.1, -0.05) is 84.4 Å². The molecule has 119 heavy (non-hydrogen) atoms. The number of anilines is 1. The van der Waals surface area contributed by atoms with Crippen LogP contribution in [0.5, 0.6) is 5.75 Å². The number of nitrogens with zero attached hydrogens (tertiary/aromatic N) is 4. The zero-order valence-electron chi connectivity index (χ0n) is 68.3. The number of ether oxygens (including phenoxy) is 1. The van der Waals surface area contributed by atoms with Gasteiger partial charge in [-0.15, -0.1) is 12.6 Å². The Morgan fingerprint density at radius 3 is 1.79 bits per heavy atom. The van der Waals surface area contributed by atoms with E-state index in [1.165, 1.54) is 12.1 Å². The number of guanidine groups is 2. The number of ketones is 2. The lowest BCUT2D eigenvalue weighted by atomic mass is 9.81. The summed E-state index contributed by atoms with van der Waals surface area (Å²) in [7, 11) is -12.1. The van der Waals surface area contributed by atoms with E-state index in [-0.39, 0.29) is 122 Å². The first-order chi connectivity index (χ1) is 56.2. The minimum absolute atomic E-state index is 0.0235. The number of aliphatic imine (C=N–C) groups is 2. The van der Waals surface area contributed by atoms with Crippen molar-refractivity contribution in [2.24, 2.45) is 38.8 Å². The van der Waals surface area contributed by atoms with Gasteiger partial charge in [0.2, 0.25) is 17.5 Å². The topological polar surface area (TPSA) is 581 Å². The van der Waals surface area contributed by atoms with Crippen LogP contribution in [0.25, 0.3) is 0 Å². The normalized spacial score (nSPS) is 15.1. The predicted molar refractivity (Wildman–Crippen MR) is 441 cm³/mol. The van der Waals surface area contributed by atoms with E-state index >= 15 is 0 Å². The highest BCUT2D eigenvalue weighted by atomic mass is 32.2. The highest BCUT2D eigenvalue weighted by Gasteiger charge is 2.46. The number of fused-ring (bicyclic) bond motifs is 2. The minimum Gasteiger partial charge on any atom is -0.481 e. The lowest BCUT2D eigenvalue weighted by Gasteiger charge is -2.27. The van der Waals surface area contributed by atoms with Crippen LogP contribution in [0.2, 0.25) is 0 Å². The molecule has 2 heterocycles. The van der Waals surface area contributed by atoms with Crippen LogP contribution in [-0.4, -0.2) is 176 Å². The number of benzene rings is 3. The number of carboxylic acids is 2. The number of allylic oxidation sites excluding steroid dienone is 7. The molecule has 0 bridgehead atoms. The molecule has 6 rings (SSSR count). The fourth-order valence-electron chi connectivity index (χ4n) is 14.0. The lowest BCUT2D eigenvalue weighted by molar-refractivity contribution is -0.438. The number of hydrogen-bond acceptors (Lipinski definition) is 22. The Hall–Kier alpha value is -10.9. The van der Waals surface area contributed by atoms with Gasteiger partial charge in [0.15, 0.2) is 23.4 Å². The molecule has 0 saturated heterocycles. The Morgan fingerprint density at radius 1 is 0.639 bits per heavy atom. The number of unbranched alkanes of at least 4 members (excludes halogenated alkanes) is 8. The molecule has 0 aromatic heterocycles. The van der Waals surface area contributed by atoms with Gasteiger partial charge in [0, 0.05) is 112 Å². The van der Waals surface area contributed by atoms with Crippen molar-refractivity contribution < 1.29 is 111 Å². The van der Waals surface area contributed by atoms with Gasteiger partial charge in [-0.05, 0) is 181 Å². The van der Waals surface area contributed by atoms with Crippen molar-refractivity contribution in [3.05, 3.63) is 124 Å². The first kappa shape index (κ1) is 102. The summed E-state index contributed by atoms with van der Waals surface area (Å²) in [5.74, 6) is -3.36. The van der Waals surface area contributed by atoms with Gasteiger partial charge in [0.1, 0.15) is 29.9 Å². The summed E-state index contributed by atoms with van der Waals surface area (Å²) in [5, 5.41) is 28.8. The second-order valence-corrected chi connectivity index (χ2v) is 32.9. The summed E-state index contributed by atoms with van der Waals surface area (Å²) >= 11 is 0. The van der Waals surface area contributed by atoms with Crippen molar-refractivity contribution in [2.45, 2.75) is 241 Å². The Morgan fingerprint density at radius 2 is 1.21 bits per heavy atom. The highest BCUT2D eigenvalue weighted by Crippen LogP contribution is 2.49. The quantitative estimate of drug-likeness (QED) is 0.00838. The molecular weight excluding hydrogens is 1610 g/mol. The van der Waals surface area contributed by atoms with Crippen LogP contribution < -0.4 is 53.8 Å². The molecule has 1 aliphatic carbocycles. The molecular formula is C81H115N12O23S3+. The Balaban J connectivity index is 0.00000347. The lowest BCUT2D eigenvalue weighted by Crippen LogP contribution is -2.46. The number of aliphatic carboxylic acids is 2.